The molecule has 1 saturated carbocycles. The van der Waals surface area contributed by atoms with Crippen LogP contribution in [0, 0.1) is 11.3 Å². The molecule has 2 aromatic carbocycles. The molecule has 16 heteroatoms. The zero-order valence-corrected chi connectivity index (χ0v) is 21.5. The number of carbonyl (C=O) groups excluding carboxylic acids is 1. The van der Waals surface area contributed by atoms with E-state index in [2.05, 4.69) is 20.4 Å². The summed E-state index contributed by atoms with van der Waals surface area (Å²) in [5.74, 6) is -5.57. The number of carboxylic acids is 1. The van der Waals surface area contributed by atoms with E-state index < -0.39 is 59.9 Å². The van der Waals surface area contributed by atoms with Crippen molar-refractivity contribution < 1.29 is 47.9 Å². The molecule has 40 heavy (non-hydrogen) atoms. The van der Waals surface area contributed by atoms with E-state index in [1.54, 1.807) is 0 Å². The quantitative estimate of drug-likeness (QED) is 0.214. The van der Waals surface area contributed by atoms with E-state index in [1.165, 1.54) is 36.2 Å². The topological polar surface area (TPSA) is 190 Å². The molecule has 2 aliphatic rings. The van der Waals surface area contributed by atoms with Gasteiger partial charge in [-0.25, -0.2) is 9.78 Å². The van der Waals surface area contributed by atoms with Crippen molar-refractivity contribution in [3.05, 3.63) is 42.0 Å². The minimum atomic E-state index is -4.91. The molecule has 5 rings (SSSR count). The number of anilines is 3. The molecule has 1 fully saturated rings. The molecule has 214 valence electrons. The van der Waals surface area contributed by atoms with E-state index in [4.69, 9.17) is 5.73 Å². The monoisotopic (exact) mass is 583 g/mol. The number of aliphatic hydroxyl groups is 3. The van der Waals surface area contributed by atoms with Crippen LogP contribution < -0.4 is 26.0 Å². The summed E-state index contributed by atoms with van der Waals surface area (Å²) in [4.78, 5) is 30.8. The number of ether oxygens (including phenoxy) is 1. The summed E-state index contributed by atoms with van der Waals surface area (Å²) in [7, 11) is 1.53. The lowest BCUT2D eigenvalue weighted by atomic mass is 9.74. The van der Waals surface area contributed by atoms with Gasteiger partial charge >= 0.3 is 12.3 Å². The van der Waals surface area contributed by atoms with Gasteiger partial charge in [0.2, 0.25) is 11.7 Å². The Morgan fingerprint density at radius 3 is 2.60 bits per heavy atom. The average molecular weight is 584 g/mol. The molecule has 3 aromatic rings. The van der Waals surface area contributed by atoms with Gasteiger partial charge in [-0.2, -0.15) is 0 Å². The minimum absolute atomic E-state index is 0.0824. The number of nitrogens with two attached hydrogens (primary N) is 1. The number of aromatic nitrogens is 1. The number of primary amides is 1. The van der Waals surface area contributed by atoms with E-state index in [0.29, 0.717) is 10.4 Å². The highest BCUT2D eigenvalue weighted by Gasteiger charge is 2.71. The van der Waals surface area contributed by atoms with Crippen LogP contribution in [0.15, 0.2) is 36.4 Å². The normalized spacial score (nSPS) is 27.9. The van der Waals surface area contributed by atoms with Crippen LogP contribution in [0.3, 0.4) is 0 Å². The maximum absolute atomic E-state index is 13.3. The van der Waals surface area contributed by atoms with E-state index >= 15 is 0 Å². The Balaban J connectivity index is 1.66. The molecule has 1 amide bonds. The number of nitrogens with one attached hydrogen (secondary N) is 2. The summed E-state index contributed by atoms with van der Waals surface area (Å²) >= 11 is 0.913. The number of carboxylic acid groups (broad SMARTS) is 1. The van der Waals surface area contributed by atoms with Crippen LogP contribution in [-0.4, -0.2) is 75.3 Å². The van der Waals surface area contributed by atoms with Gasteiger partial charge in [-0.1, -0.05) is 11.3 Å². The zero-order valence-electron chi connectivity index (χ0n) is 20.6. The molecule has 12 nitrogen and oxygen atoms in total. The molecule has 0 spiro atoms. The van der Waals surface area contributed by atoms with Crippen LogP contribution in [0.25, 0.3) is 10.2 Å². The Kier molecular flexibility index (Phi) is 6.48. The Morgan fingerprint density at radius 1 is 1.27 bits per heavy atom. The minimum Gasteiger partial charge on any atom is -0.478 e. The third kappa shape index (κ3) is 4.14. The molecule has 0 radical (unpaired) electrons. The molecule has 5 atom stereocenters. The Morgan fingerprint density at radius 2 is 2.00 bits per heavy atom. The number of rotatable bonds is 7. The van der Waals surface area contributed by atoms with E-state index in [1.807, 2.05) is 0 Å². The van der Waals surface area contributed by atoms with Crippen molar-refractivity contribution in [3.8, 4) is 5.75 Å². The maximum Gasteiger partial charge on any atom is 0.573 e. The highest BCUT2D eigenvalue weighted by Crippen LogP contribution is 2.56. The number of alkyl halides is 3. The largest absolute Gasteiger partial charge is 0.573 e. The number of halogens is 3. The summed E-state index contributed by atoms with van der Waals surface area (Å²) in [6, 6.07) is 7.66. The van der Waals surface area contributed by atoms with Crippen LogP contribution >= 0.6 is 11.3 Å². The number of benzene rings is 2. The van der Waals surface area contributed by atoms with Crippen LogP contribution in [-0.2, 0) is 4.79 Å². The zero-order chi connectivity index (χ0) is 29.2. The van der Waals surface area contributed by atoms with Gasteiger partial charge < -0.3 is 46.4 Å². The first-order valence-electron chi connectivity index (χ1n) is 11.8. The third-order valence-corrected chi connectivity index (χ3v) is 8.45. The summed E-state index contributed by atoms with van der Waals surface area (Å²) in [6.45, 7) is -0.577. The smallest absolute Gasteiger partial charge is 0.478 e. The molecule has 2 heterocycles. The van der Waals surface area contributed by atoms with Gasteiger partial charge in [0, 0.05) is 25.6 Å². The fourth-order valence-corrected chi connectivity index (χ4v) is 6.58. The van der Waals surface area contributed by atoms with Crippen LogP contribution in [0.5, 0.6) is 5.75 Å². The highest BCUT2D eigenvalue weighted by atomic mass is 32.1. The Labute approximate surface area is 227 Å². The first kappa shape index (κ1) is 27.7. The lowest BCUT2D eigenvalue weighted by Crippen LogP contribution is -2.73. The Bertz CT molecular complexity index is 1500. The summed E-state index contributed by atoms with van der Waals surface area (Å²) in [5, 5.41) is 47.7. The van der Waals surface area contributed by atoms with E-state index in [-0.39, 0.29) is 28.3 Å². The first-order chi connectivity index (χ1) is 18.7. The second-order valence-corrected chi connectivity index (χ2v) is 10.7. The van der Waals surface area contributed by atoms with Crippen LogP contribution in [0.2, 0.25) is 0 Å². The van der Waals surface area contributed by atoms with E-state index in [9.17, 15) is 43.2 Å². The number of nitrogens with zero attached hydrogens (tertiary/aromatic N) is 2. The fourth-order valence-electron chi connectivity index (χ4n) is 5.63. The van der Waals surface area contributed by atoms with Gasteiger partial charge in [-0.05, 0) is 36.8 Å². The second kappa shape index (κ2) is 9.36. The van der Waals surface area contributed by atoms with Crippen molar-refractivity contribution in [3.63, 3.8) is 0 Å². The number of carbonyl (C=O) groups is 2. The highest BCUT2D eigenvalue weighted by molar-refractivity contribution is 7.22. The fraction of sp³-hybridized carbons (Fsp3) is 0.375. The van der Waals surface area contributed by atoms with Crippen molar-refractivity contribution >= 4 is 49.9 Å². The lowest BCUT2D eigenvalue weighted by Gasteiger charge is -2.50. The van der Waals surface area contributed by atoms with Gasteiger partial charge in [0.15, 0.2) is 5.13 Å². The number of amides is 1. The van der Waals surface area contributed by atoms with Gasteiger partial charge in [0.1, 0.15) is 17.3 Å². The van der Waals surface area contributed by atoms with Crippen molar-refractivity contribution in [1.82, 2.24) is 4.98 Å². The lowest BCUT2D eigenvalue weighted by molar-refractivity contribution is -0.274. The van der Waals surface area contributed by atoms with Crippen molar-refractivity contribution in [2.45, 2.75) is 30.8 Å². The van der Waals surface area contributed by atoms with Gasteiger partial charge in [-0.3, -0.25) is 4.79 Å². The predicted molar refractivity (Wildman–Crippen MR) is 137 cm³/mol. The molecule has 1 unspecified atom stereocenters. The van der Waals surface area contributed by atoms with E-state index in [0.717, 1.165) is 23.5 Å². The number of hydrogen-bond acceptors (Lipinski definition) is 11. The molecular formula is C24H24F3N5O7S. The molecule has 1 aliphatic carbocycles. The Hall–Kier alpha value is -3.86. The van der Waals surface area contributed by atoms with Crippen molar-refractivity contribution in [2.75, 3.05) is 29.2 Å². The molecule has 1 aromatic heterocycles. The molecule has 0 saturated heterocycles. The number of fused-ring (bicyclic) bond motifs is 2. The number of thiazole rings is 1. The average Bonchev–Trinajstić information content (AvgIpc) is 3.48. The third-order valence-electron chi connectivity index (χ3n) is 7.52. The van der Waals surface area contributed by atoms with Crippen molar-refractivity contribution in [1.29, 1.82) is 0 Å². The van der Waals surface area contributed by atoms with Gasteiger partial charge in [0.05, 0.1) is 33.3 Å². The SMILES string of the molecule is CN1c2ccc(C(=O)O)cc2NC1(Nc1nc2ccc(OC(F)(F)F)cc2s1)[C@]1(C(N)=O)C[C@H](CO)[C@@H](O)[C@H]1O. The number of hydrogen-bond donors (Lipinski definition) is 7. The summed E-state index contributed by atoms with van der Waals surface area (Å²) < 4.78 is 42.5. The van der Waals surface area contributed by atoms with Crippen LogP contribution in [0.4, 0.5) is 29.7 Å². The summed E-state index contributed by atoms with van der Waals surface area (Å²) in [6.07, 6.45) is -8.56. The molecule has 1 aliphatic heterocycles. The first-order valence-corrected chi connectivity index (χ1v) is 12.6. The predicted octanol–water partition coefficient (Wildman–Crippen LogP) is 1.73. The molecule has 8 N–H and O–H groups in total. The summed E-state index contributed by atoms with van der Waals surface area (Å²) in [5.41, 5.74) is 4.72. The van der Waals surface area contributed by atoms with Gasteiger partial charge in [0.25, 0.3) is 0 Å². The molecule has 0 bridgehead atoms. The van der Waals surface area contributed by atoms with Crippen molar-refractivity contribution in [2.24, 2.45) is 17.1 Å². The van der Waals surface area contributed by atoms with Crippen LogP contribution in [0.1, 0.15) is 16.8 Å². The maximum atomic E-state index is 13.3. The number of aromatic carboxylic acids is 1. The molecular weight excluding hydrogens is 559 g/mol. The second-order valence-electron chi connectivity index (χ2n) is 9.67. The van der Waals surface area contributed by atoms with Gasteiger partial charge in [-0.15, -0.1) is 13.2 Å². The number of aliphatic hydroxyl groups excluding tert-OH is 3. The standard InChI is InChI=1S/C24H24F3N5O7S/c1-32-15-5-2-10(19(36)37)6-14(15)30-23(32,22(20(28)38)8-11(9-33)17(34)18(22)35)31-21-29-13-4-3-12(7-16(13)40-21)39-24(25,26)27/h2-7,11,17-18,30,33-35H,8-9H2,1H3,(H2,28,38)(H,29,31)(H,36,37)/t11-,17-,18-,22-,23?/m1/s1.